The number of carbonyl (C=O) groups excluding carboxylic acids is 1. The van der Waals surface area contributed by atoms with Crippen LogP contribution < -0.4 is 10.5 Å². The highest BCUT2D eigenvalue weighted by molar-refractivity contribution is 7.90. The van der Waals surface area contributed by atoms with Gasteiger partial charge in [0.2, 0.25) is 0 Å². The van der Waals surface area contributed by atoms with Gasteiger partial charge in [-0.3, -0.25) is 4.79 Å². The molecule has 1 saturated carbocycles. The minimum atomic E-state index is -3.98. The molecule has 4 rings (SSSR count). The van der Waals surface area contributed by atoms with Crippen molar-refractivity contribution < 1.29 is 13.2 Å². The van der Waals surface area contributed by atoms with Gasteiger partial charge < -0.3 is 10.3 Å². The molecule has 0 saturated heterocycles. The second-order valence-electron chi connectivity index (χ2n) is 6.91. The Labute approximate surface area is 146 Å². The number of benzene rings is 1. The molecule has 2 atom stereocenters. The van der Waals surface area contributed by atoms with Gasteiger partial charge in [-0.25, -0.2) is 13.1 Å². The highest BCUT2D eigenvalue weighted by atomic mass is 32.2. The monoisotopic (exact) mass is 359 g/mol. The predicted octanol–water partition coefficient (Wildman–Crippen LogP) is 1.90. The van der Waals surface area contributed by atoms with Crippen molar-refractivity contribution >= 4 is 26.8 Å². The first-order valence-corrected chi connectivity index (χ1v) is 10.0. The Kier molecular flexibility index (Phi) is 3.73. The van der Waals surface area contributed by atoms with Crippen LogP contribution in [0.2, 0.25) is 0 Å². The molecular formula is C18H21N3O3S. The lowest BCUT2D eigenvalue weighted by molar-refractivity contribution is -0.121. The number of aryl methyl sites for hydroxylation is 1. The Morgan fingerprint density at radius 3 is 2.92 bits per heavy atom. The van der Waals surface area contributed by atoms with E-state index in [2.05, 4.69) is 4.72 Å². The maximum Gasteiger partial charge on any atom is 0.266 e. The summed E-state index contributed by atoms with van der Waals surface area (Å²) in [5.74, 6) is -0.723. The molecule has 1 aromatic carbocycles. The van der Waals surface area contributed by atoms with Gasteiger partial charge in [0.25, 0.3) is 15.9 Å². The van der Waals surface area contributed by atoms with Gasteiger partial charge in [0, 0.05) is 24.0 Å². The first kappa shape index (κ1) is 16.4. The molecule has 1 aromatic heterocycles. The molecule has 6 nitrogen and oxygen atoms in total. The van der Waals surface area contributed by atoms with Gasteiger partial charge in [0.15, 0.2) is 0 Å². The smallest absolute Gasteiger partial charge is 0.266 e. The van der Waals surface area contributed by atoms with Crippen molar-refractivity contribution in [1.29, 1.82) is 0 Å². The van der Waals surface area contributed by atoms with E-state index in [1.807, 2.05) is 35.0 Å². The lowest BCUT2D eigenvalue weighted by Crippen LogP contribution is -2.46. The standard InChI is InChI=1S/C18H21N3O3S/c19-18-12-14(18)7-3-1-2-4-10-21-11-9-13-6-5-8-15(16(13)21)25(23,24)20-17(18)22/h3,5-9,11,14H,1-2,4,10,12,19H2,(H,20,22)/t14-,18-/m1/s1. The summed E-state index contributed by atoms with van der Waals surface area (Å²) in [5.41, 5.74) is 5.62. The summed E-state index contributed by atoms with van der Waals surface area (Å²) in [4.78, 5) is 12.6. The summed E-state index contributed by atoms with van der Waals surface area (Å²) in [6.45, 7) is 0.738. The van der Waals surface area contributed by atoms with Gasteiger partial charge in [-0.15, -0.1) is 0 Å². The number of nitrogens with zero attached hydrogens (tertiary/aromatic N) is 1. The first-order valence-electron chi connectivity index (χ1n) is 8.52. The van der Waals surface area contributed by atoms with Crippen molar-refractivity contribution in [3.05, 3.63) is 42.6 Å². The number of amides is 1. The van der Waals surface area contributed by atoms with Crippen molar-refractivity contribution in [1.82, 2.24) is 9.29 Å². The number of aromatic nitrogens is 1. The van der Waals surface area contributed by atoms with Gasteiger partial charge in [0.1, 0.15) is 10.4 Å². The molecule has 2 aliphatic rings. The molecule has 0 bridgehead atoms. The van der Waals surface area contributed by atoms with Crippen molar-refractivity contribution in [2.45, 2.75) is 42.7 Å². The molecule has 0 radical (unpaired) electrons. The zero-order valence-corrected chi connectivity index (χ0v) is 14.6. The van der Waals surface area contributed by atoms with Crippen molar-refractivity contribution in [2.24, 2.45) is 11.7 Å². The van der Waals surface area contributed by atoms with E-state index < -0.39 is 21.5 Å². The molecule has 7 heteroatoms. The number of nitrogens with one attached hydrogen (secondary N) is 1. The van der Waals surface area contributed by atoms with Crippen LogP contribution in [-0.4, -0.2) is 24.4 Å². The second kappa shape index (κ2) is 5.71. The maximum atomic E-state index is 12.8. The fourth-order valence-electron chi connectivity index (χ4n) is 3.51. The third-order valence-electron chi connectivity index (χ3n) is 5.14. The number of rotatable bonds is 0. The number of nitrogens with two attached hydrogens (primary N) is 1. The highest BCUT2D eigenvalue weighted by Crippen LogP contribution is 2.43. The summed E-state index contributed by atoms with van der Waals surface area (Å²) >= 11 is 0. The van der Waals surface area contributed by atoms with E-state index in [9.17, 15) is 13.2 Å². The molecule has 1 amide bonds. The minimum Gasteiger partial charge on any atom is -0.346 e. The number of hydrogen-bond acceptors (Lipinski definition) is 4. The average Bonchev–Trinajstić information content (AvgIpc) is 3.06. The maximum absolute atomic E-state index is 12.8. The third kappa shape index (κ3) is 2.77. The number of allylic oxidation sites excluding steroid dienone is 1. The highest BCUT2D eigenvalue weighted by Gasteiger charge is 2.56. The van der Waals surface area contributed by atoms with E-state index in [0.717, 1.165) is 31.2 Å². The van der Waals surface area contributed by atoms with E-state index in [0.29, 0.717) is 11.9 Å². The first-order chi connectivity index (χ1) is 11.9. The molecule has 0 spiro atoms. The van der Waals surface area contributed by atoms with Gasteiger partial charge in [-0.05, 0) is 37.8 Å². The Morgan fingerprint density at radius 2 is 2.08 bits per heavy atom. The molecule has 25 heavy (non-hydrogen) atoms. The molecule has 1 aliphatic heterocycles. The largest absolute Gasteiger partial charge is 0.346 e. The zero-order chi connectivity index (χ0) is 17.7. The van der Waals surface area contributed by atoms with E-state index in [4.69, 9.17) is 5.73 Å². The van der Waals surface area contributed by atoms with E-state index in [-0.39, 0.29) is 10.8 Å². The van der Waals surface area contributed by atoms with Crippen LogP contribution in [0.3, 0.4) is 0 Å². The normalized spacial score (nSPS) is 28.8. The van der Waals surface area contributed by atoms with Crippen LogP contribution in [0.25, 0.3) is 10.9 Å². The summed E-state index contributed by atoms with van der Waals surface area (Å²) in [6.07, 6.45) is 9.25. The molecule has 2 heterocycles. The SMILES string of the molecule is N[C@]12C[C@H]1C=CCCCCn1ccc3cccc(c31)S(=O)(=O)NC2=O. The fraction of sp³-hybridized carbons (Fsp3) is 0.389. The molecule has 0 unspecified atom stereocenters. The van der Waals surface area contributed by atoms with Crippen LogP contribution in [0.4, 0.5) is 0 Å². The zero-order valence-electron chi connectivity index (χ0n) is 13.8. The van der Waals surface area contributed by atoms with Crippen LogP contribution in [-0.2, 0) is 21.4 Å². The van der Waals surface area contributed by atoms with Crippen LogP contribution in [0.15, 0.2) is 47.5 Å². The van der Waals surface area contributed by atoms with Gasteiger partial charge in [0.05, 0.1) is 5.52 Å². The van der Waals surface area contributed by atoms with E-state index >= 15 is 0 Å². The lowest BCUT2D eigenvalue weighted by atomic mass is 10.1. The quantitative estimate of drug-likeness (QED) is 0.703. The van der Waals surface area contributed by atoms with Gasteiger partial charge >= 0.3 is 0 Å². The lowest BCUT2D eigenvalue weighted by Gasteiger charge is -2.15. The molecule has 132 valence electrons. The number of para-hydroxylation sites is 1. The number of fused-ring (bicyclic) bond motifs is 1. The minimum absolute atomic E-state index is 0.0923. The second-order valence-corrected chi connectivity index (χ2v) is 8.56. The Bertz CT molecular complexity index is 977. The van der Waals surface area contributed by atoms with Crippen molar-refractivity contribution in [3.63, 3.8) is 0 Å². The van der Waals surface area contributed by atoms with Crippen LogP contribution in [0, 0.1) is 5.92 Å². The third-order valence-corrected chi connectivity index (χ3v) is 6.50. The van der Waals surface area contributed by atoms with Crippen LogP contribution in [0.5, 0.6) is 0 Å². The molecule has 3 N–H and O–H groups in total. The number of hydrogen-bond donors (Lipinski definition) is 2. The molecule has 1 aliphatic carbocycles. The predicted molar refractivity (Wildman–Crippen MR) is 95.3 cm³/mol. The number of sulfonamides is 1. The summed E-state index contributed by atoms with van der Waals surface area (Å²) < 4.78 is 29.8. The van der Waals surface area contributed by atoms with Crippen molar-refractivity contribution in [2.75, 3.05) is 0 Å². The van der Waals surface area contributed by atoms with Crippen LogP contribution in [0.1, 0.15) is 25.7 Å². The van der Waals surface area contributed by atoms with Gasteiger partial charge in [-0.2, -0.15) is 0 Å². The van der Waals surface area contributed by atoms with Gasteiger partial charge in [-0.1, -0.05) is 24.3 Å². The Balaban J connectivity index is 1.81. The van der Waals surface area contributed by atoms with E-state index in [1.54, 1.807) is 6.07 Å². The fourth-order valence-corrected chi connectivity index (χ4v) is 4.80. The van der Waals surface area contributed by atoms with Crippen LogP contribution >= 0.6 is 0 Å². The molecule has 1 fully saturated rings. The topological polar surface area (TPSA) is 94.2 Å². The Morgan fingerprint density at radius 1 is 1.24 bits per heavy atom. The summed E-state index contributed by atoms with van der Waals surface area (Å²) in [6, 6.07) is 7.00. The molecular weight excluding hydrogens is 338 g/mol. The van der Waals surface area contributed by atoms with Crippen molar-refractivity contribution in [3.8, 4) is 0 Å². The summed E-state index contributed by atoms with van der Waals surface area (Å²) in [5, 5.41) is 0.842. The number of carbonyl (C=O) groups is 1. The Hall–Kier alpha value is -2.12. The average molecular weight is 359 g/mol. The molecule has 2 aromatic rings. The summed E-state index contributed by atoms with van der Waals surface area (Å²) in [7, 11) is -3.98. The van der Waals surface area contributed by atoms with E-state index in [1.165, 1.54) is 6.07 Å².